The smallest absolute Gasteiger partial charge is 0.208 e. The molecule has 0 saturated carbocycles. The van der Waals surface area contributed by atoms with E-state index in [-0.39, 0.29) is 0 Å². The van der Waals surface area contributed by atoms with Gasteiger partial charge in [-0.05, 0) is 25.9 Å². The molecule has 0 aromatic carbocycles. The average Bonchev–Trinajstić information content (AvgIpc) is 2.46. The van der Waals surface area contributed by atoms with Crippen molar-refractivity contribution in [2.45, 2.75) is 25.8 Å². The third kappa shape index (κ3) is 3.62. The molecule has 4 nitrogen and oxygen atoms in total. The van der Waals surface area contributed by atoms with Gasteiger partial charge in [0.15, 0.2) is 0 Å². The molecule has 0 radical (unpaired) electrons. The highest BCUT2D eigenvalue weighted by atomic mass is 32.2. The third-order valence-corrected chi connectivity index (χ3v) is 3.18. The van der Waals surface area contributed by atoms with Gasteiger partial charge in [-0.25, -0.2) is 13.1 Å². The number of likely N-dealkylation sites (N-methyl/N-ethyl adjacent to an activating group) is 1. The van der Waals surface area contributed by atoms with Crippen LogP contribution in [0.3, 0.4) is 0 Å². The first-order valence-electron chi connectivity index (χ1n) is 4.71. The number of hydrogen-bond acceptors (Lipinski definition) is 3. The van der Waals surface area contributed by atoms with Crippen LogP contribution in [0.2, 0.25) is 0 Å². The number of nitrogens with one attached hydrogen (secondary N) is 1. The Morgan fingerprint density at radius 3 is 2.77 bits per heavy atom. The molecule has 78 valence electrons. The maximum Gasteiger partial charge on any atom is 0.208 e. The predicted molar refractivity (Wildman–Crippen MR) is 53.1 cm³/mol. The van der Waals surface area contributed by atoms with Crippen molar-refractivity contribution in [3.63, 3.8) is 0 Å². The monoisotopic (exact) mass is 206 g/mol. The van der Waals surface area contributed by atoms with Gasteiger partial charge in [-0.15, -0.1) is 0 Å². The van der Waals surface area contributed by atoms with Gasteiger partial charge >= 0.3 is 0 Å². The van der Waals surface area contributed by atoms with Crippen LogP contribution in [0, 0.1) is 0 Å². The highest BCUT2D eigenvalue weighted by Gasteiger charge is 2.23. The summed E-state index contributed by atoms with van der Waals surface area (Å²) in [6, 6.07) is 0.403. The Hall–Kier alpha value is -0.130. The summed E-state index contributed by atoms with van der Waals surface area (Å²) in [5, 5.41) is 0. The lowest BCUT2D eigenvalue weighted by Crippen LogP contribution is -2.39. The summed E-state index contributed by atoms with van der Waals surface area (Å²) in [5.74, 6) is 0. The van der Waals surface area contributed by atoms with Gasteiger partial charge in [0.05, 0.1) is 6.26 Å². The quantitative estimate of drug-likeness (QED) is 0.705. The Balaban J connectivity index is 2.36. The lowest BCUT2D eigenvalue weighted by Gasteiger charge is -2.22. The highest BCUT2D eigenvalue weighted by molar-refractivity contribution is 7.88. The Morgan fingerprint density at radius 2 is 2.23 bits per heavy atom. The Kier molecular flexibility index (Phi) is 3.70. The predicted octanol–water partition coefficient (Wildman–Crippen LogP) is 0.0199. The molecular formula is C8H18N2O2S. The van der Waals surface area contributed by atoms with E-state index in [1.807, 2.05) is 0 Å². The molecule has 5 heteroatoms. The molecule has 0 aromatic heterocycles. The minimum absolute atomic E-state index is 0.403. The molecule has 1 aliphatic heterocycles. The van der Waals surface area contributed by atoms with E-state index in [1.165, 1.54) is 12.7 Å². The summed E-state index contributed by atoms with van der Waals surface area (Å²) >= 11 is 0. The summed E-state index contributed by atoms with van der Waals surface area (Å²) in [5.41, 5.74) is 0. The number of sulfonamides is 1. The fourth-order valence-electron chi connectivity index (χ4n) is 1.79. The van der Waals surface area contributed by atoms with Gasteiger partial charge < -0.3 is 0 Å². The second-order valence-electron chi connectivity index (χ2n) is 3.55. The summed E-state index contributed by atoms with van der Waals surface area (Å²) in [7, 11) is -3.02. The highest BCUT2D eigenvalue weighted by Crippen LogP contribution is 2.15. The summed E-state index contributed by atoms with van der Waals surface area (Å²) in [6.45, 7) is 4.79. The Labute approximate surface area is 80.4 Å². The van der Waals surface area contributed by atoms with Crippen LogP contribution in [-0.4, -0.2) is 45.2 Å². The second-order valence-corrected chi connectivity index (χ2v) is 5.38. The van der Waals surface area contributed by atoms with E-state index in [4.69, 9.17) is 0 Å². The third-order valence-electron chi connectivity index (χ3n) is 2.49. The van der Waals surface area contributed by atoms with Crippen LogP contribution in [-0.2, 0) is 10.0 Å². The van der Waals surface area contributed by atoms with E-state index in [1.54, 1.807) is 0 Å². The van der Waals surface area contributed by atoms with Crippen molar-refractivity contribution >= 4 is 10.0 Å². The molecule has 1 N–H and O–H groups in total. The van der Waals surface area contributed by atoms with Crippen LogP contribution in [0.15, 0.2) is 0 Å². The standard InChI is InChI=1S/C8H18N2O2S/c1-3-10-6-4-5-8(10)7-9-13(2,11)12/h8-9H,3-7H2,1-2H3/t8-/m0/s1. The van der Waals surface area contributed by atoms with Crippen molar-refractivity contribution in [3.8, 4) is 0 Å². The molecule has 0 unspecified atom stereocenters. The van der Waals surface area contributed by atoms with Gasteiger partial charge in [0.25, 0.3) is 0 Å². The summed E-state index contributed by atoms with van der Waals surface area (Å²) < 4.78 is 24.3. The van der Waals surface area contributed by atoms with Crippen molar-refractivity contribution in [2.75, 3.05) is 25.9 Å². The first-order chi connectivity index (χ1) is 6.03. The molecule has 1 aliphatic rings. The van der Waals surface area contributed by atoms with Crippen molar-refractivity contribution in [2.24, 2.45) is 0 Å². The topological polar surface area (TPSA) is 49.4 Å². The van der Waals surface area contributed by atoms with Crippen molar-refractivity contribution in [1.82, 2.24) is 9.62 Å². The van der Waals surface area contributed by atoms with E-state index in [9.17, 15) is 8.42 Å². The molecule has 1 atom stereocenters. The molecule has 0 spiro atoms. The molecule has 0 aromatic rings. The normalized spacial score (nSPS) is 25.2. The molecule has 0 amide bonds. The van der Waals surface area contributed by atoms with Crippen LogP contribution in [0.5, 0.6) is 0 Å². The van der Waals surface area contributed by atoms with E-state index in [0.717, 1.165) is 19.5 Å². The molecule has 1 saturated heterocycles. The molecule has 1 fully saturated rings. The number of likely N-dealkylation sites (tertiary alicyclic amines) is 1. The Morgan fingerprint density at radius 1 is 1.54 bits per heavy atom. The molecule has 13 heavy (non-hydrogen) atoms. The van der Waals surface area contributed by atoms with Gasteiger partial charge in [-0.3, -0.25) is 4.90 Å². The minimum Gasteiger partial charge on any atom is -0.299 e. The van der Waals surface area contributed by atoms with Crippen LogP contribution in [0.4, 0.5) is 0 Å². The average molecular weight is 206 g/mol. The van der Waals surface area contributed by atoms with Gasteiger partial charge in [0.1, 0.15) is 0 Å². The van der Waals surface area contributed by atoms with E-state index in [2.05, 4.69) is 16.5 Å². The van der Waals surface area contributed by atoms with Crippen molar-refractivity contribution in [3.05, 3.63) is 0 Å². The SMILES string of the molecule is CCN1CCC[C@H]1CNS(C)(=O)=O. The van der Waals surface area contributed by atoms with E-state index in [0.29, 0.717) is 12.6 Å². The lowest BCUT2D eigenvalue weighted by molar-refractivity contribution is 0.268. The van der Waals surface area contributed by atoms with Gasteiger partial charge in [0.2, 0.25) is 10.0 Å². The Bertz CT molecular complexity index is 251. The van der Waals surface area contributed by atoms with Crippen LogP contribution in [0.25, 0.3) is 0 Å². The largest absolute Gasteiger partial charge is 0.299 e. The summed E-state index contributed by atoms with van der Waals surface area (Å²) in [6.07, 6.45) is 3.50. The summed E-state index contributed by atoms with van der Waals surface area (Å²) in [4.78, 5) is 2.32. The van der Waals surface area contributed by atoms with Crippen molar-refractivity contribution < 1.29 is 8.42 Å². The van der Waals surface area contributed by atoms with Crippen LogP contribution in [0.1, 0.15) is 19.8 Å². The molecular weight excluding hydrogens is 188 g/mol. The zero-order valence-electron chi connectivity index (χ0n) is 8.28. The number of rotatable bonds is 4. The van der Waals surface area contributed by atoms with Gasteiger partial charge in [0, 0.05) is 12.6 Å². The zero-order chi connectivity index (χ0) is 9.90. The first-order valence-corrected chi connectivity index (χ1v) is 6.60. The minimum atomic E-state index is -3.02. The first kappa shape index (κ1) is 10.9. The van der Waals surface area contributed by atoms with Crippen LogP contribution >= 0.6 is 0 Å². The fourth-order valence-corrected chi connectivity index (χ4v) is 2.29. The molecule has 0 bridgehead atoms. The fraction of sp³-hybridized carbons (Fsp3) is 1.00. The second kappa shape index (κ2) is 4.39. The van der Waals surface area contributed by atoms with E-state index < -0.39 is 10.0 Å². The number of nitrogens with zero attached hydrogens (tertiary/aromatic N) is 1. The maximum absolute atomic E-state index is 10.9. The lowest BCUT2D eigenvalue weighted by atomic mass is 10.2. The number of hydrogen-bond donors (Lipinski definition) is 1. The van der Waals surface area contributed by atoms with Gasteiger partial charge in [-0.2, -0.15) is 0 Å². The molecule has 1 heterocycles. The maximum atomic E-state index is 10.9. The zero-order valence-corrected chi connectivity index (χ0v) is 9.10. The van der Waals surface area contributed by atoms with Gasteiger partial charge in [-0.1, -0.05) is 6.92 Å². The van der Waals surface area contributed by atoms with Crippen molar-refractivity contribution in [1.29, 1.82) is 0 Å². The molecule has 1 rings (SSSR count). The molecule has 0 aliphatic carbocycles. The van der Waals surface area contributed by atoms with Crippen LogP contribution < -0.4 is 4.72 Å². The van der Waals surface area contributed by atoms with E-state index >= 15 is 0 Å².